The van der Waals surface area contributed by atoms with Crippen molar-refractivity contribution in [2.45, 2.75) is 19.3 Å². The third-order valence-electron chi connectivity index (χ3n) is 2.93. The number of amides is 2. The van der Waals surface area contributed by atoms with Crippen LogP contribution in [0.1, 0.15) is 19.3 Å². The van der Waals surface area contributed by atoms with E-state index in [1.54, 1.807) is 6.08 Å². The summed E-state index contributed by atoms with van der Waals surface area (Å²) in [4.78, 5) is 33.7. The molecule has 0 spiro atoms. The zero-order chi connectivity index (χ0) is 11.0. The standard InChI is InChI=1S/C10H11NO4/c12-8-6-4-2-1-3-5(6)7(10(14)15)9(13)11-8/h4-5,7H,1-3H2,(H,14,15)(H,11,12,13). The van der Waals surface area contributed by atoms with Crippen molar-refractivity contribution in [2.24, 2.45) is 11.8 Å². The zero-order valence-corrected chi connectivity index (χ0v) is 8.03. The Labute approximate surface area is 86.2 Å². The molecule has 2 unspecified atom stereocenters. The predicted octanol–water partition coefficient (Wildman–Crippen LogP) is 0.0701. The van der Waals surface area contributed by atoms with Crippen molar-refractivity contribution in [1.29, 1.82) is 0 Å². The lowest BCUT2D eigenvalue weighted by Gasteiger charge is -2.31. The van der Waals surface area contributed by atoms with Gasteiger partial charge in [0.25, 0.3) is 5.91 Å². The number of rotatable bonds is 1. The Bertz CT molecular complexity index is 372. The van der Waals surface area contributed by atoms with Crippen LogP contribution in [0, 0.1) is 11.8 Å². The fourth-order valence-electron chi connectivity index (χ4n) is 2.24. The Morgan fingerprint density at radius 1 is 1.47 bits per heavy atom. The summed E-state index contributed by atoms with van der Waals surface area (Å²) in [5, 5.41) is 11.0. The summed E-state index contributed by atoms with van der Waals surface area (Å²) in [6.07, 6.45) is 3.95. The molecule has 2 N–H and O–H groups in total. The topological polar surface area (TPSA) is 83.5 Å². The van der Waals surface area contributed by atoms with Crippen LogP contribution in [0.5, 0.6) is 0 Å². The molecule has 0 radical (unpaired) electrons. The molecule has 1 heterocycles. The average molecular weight is 209 g/mol. The fraction of sp³-hybridized carbons (Fsp3) is 0.500. The predicted molar refractivity (Wildman–Crippen MR) is 49.7 cm³/mol. The molecule has 1 saturated heterocycles. The summed E-state index contributed by atoms with van der Waals surface area (Å²) >= 11 is 0. The second-order valence-corrected chi connectivity index (χ2v) is 3.83. The van der Waals surface area contributed by atoms with Crippen molar-refractivity contribution in [3.63, 3.8) is 0 Å². The highest BCUT2D eigenvalue weighted by Gasteiger charge is 2.44. The van der Waals surface area contributed by atoms with Gasteiger partial charge in [0.2, 0.25) is 5.91 Å². The maximum Gasteiger partial charge on any atom is 0.316 e. The lowest BCUT2D eigenvalue weighted by Crippen LogP contribution is -2.50. The monoisotopic (exact) mass is 209 g/mol. The van der Waals surface area contributed by atoms with Gasteiger partial charge in [-0.1, -0.05) is 6.08 Å². The van der Waals surface area contributed by atoms with Gasteiger partial charge < -0.3 is 5.11 Å². The molecule has 2 aliphatic rings. The van der Waals surface area contributed by atoms with Crippen molar-refractivity contribution in [2.75, 3.05) is 0 Å². The Balaban J connectivity index is 2.37. The van der Waals surface area contributed by atoms with E-state index in [0.29, 0.717) is 12.0 Å². The van der Waals surface area contributed by atoms with Crippen LogP contribution in [0.3, 0.4) is 0 Å². The number of nitrogens with one attached hydrogen (secondary N) is 1. The summed E-state index contributed by atoms with van der Waals surface area (Å²) in [6.45, 7) is 0. The molecular weight excluding hydrogens is 198 g/mol. The van der Waals surface area contributed by atoms with E-state index in [0.717, 1.165) is 12.8 Å². The third-order valence-corrected chi connectivity index (χ3v) is 2.93. The van der Waals surface area contributed by atoms with Crippen molar-refractivity contribution < 1.29 is 19.5 Å². The molecule has 2 atom stereocenters. The second-order valence-electron chi connectivity index (χ2n) is 3.83. The van der Waals surface area contributed by atoms with Crippen LogP contribution < -0.4 is 5.32 Å². The number of allylic oxidation sites excluding steroid dienone is 1. The zero-order valence-electron chi connectivity index (χ0n) is 8.03. The number of imide groups is 1. The first-order chi connectivity index (χ1) is 7.11. The van der Waals surface area contributed by atoms with Crippen molar-refractivity contribution in [3.05, 3.63) is 11.6 Å². The van der Waals surface area contributed by atoms with Crippen molar-refractivity contribution in [3.8, 4) is 0 Å². The van der Waals surface area contributed by atoms with Crippen LogP contribution in [0.2, 0.25) is 0 Å². The minimum absolute atomic E-state index is 0.429. The van der Waals surface area contributed by atoms with E-state index in [2.05, 4.69) is 5.32 Å². The van der Waals surface area contributed by atoms with E-state index < -0.39 is 29.6 Å². The molecular formula is C10H11NO4. The highest BCUT2D eigenvalue weighted by Crippen LogP contribution is 2.34. The summed E-state index contributed by atoms with van der Waals surface area (Å²) in [5.41, 5.74) is 0.466. The minimum atomic E-state index is -1.15. The van der Waals surface area contributed by atoms with Crippen LogP contribution in [0.4, 0.5) is 0 Å². The number of carboxylic acid groups (broad SMARTS) is 1. The van der Waals surface area contributed by atoms with Crippen LogP contribution in [-0.4, -0.2) is 22.9 Å². The van der Waals surface area contributed by atoms with Crippen LogP contribution in [0.25, 0.3) is 0 Å². The van der Waals surface area contributed by atoms with E-state index in [1.807, 2.05) is 0 Å². The van der Waals surface area contributed by atoms with Gasteiger partial charge in [-0.25, -0.2) is 0 Å². The van der Waals surface area contributed by atoms with Gasteiger partial charge in [0, 0.05) is 11.5 Å². The number of fused-ring (bicyclic) bond motifs is 1. The Hall–Kier alpha value is -1.65. The molecule has 2 amide bonds. The molecule has 5 heteroatoms. The summed E-state index contributed by atoms with van der Waals surface area (Å²) in [7, 11) is 0. The van der Waals surface area contributed by atoms with Crippen molar-refractivity contribution in [1.82, 2.24) is 5.32 Å². The largest absolute Gasteiger partial charge is 0.481 e. The van der Waals surface area contributed by atoms with E-state index in [9.17, 15) is 14.4 Å². The summed E-state index contributed by atoms with van der Waals surface area (Å²) in [5.74, 6) is -3.80. The minimum Gasteiger partial charge on any atom is -0.481 e. The van der Waals surface area contributed by atoms with Crippen LogP contribution in [0.15, 0.2) is 11.6 Å². The molecule has 1 aliphatic heterocycles. The molecule has 0 saturated carbocycles. The van der Waals surface area contributed by atoms with Gasteiger partial charge >= 0.3 is 5.97 Å². The number of carbonyl (C=O) groups is 3. The first kappa shape index (κ1) is 9.89. The van der Waals surface area contributed by atoms with Crippen molar-refractivity contribution >= 4 is 17.8 Å². The normalized spacial score (nSPS) is 30.3. The van der Waals surface area contributed by atoms with E-state index in [-0.39, 0.29) is 0 Å². The van der Waals surface area contributed by atoms with Crippen LogP contribution in [-0.2, 0) is 14.4 Å². The maximum atomic E-state index is 11.4. The number of hydrogen-bond acceptors (Lipinski definition) is 3. The number of carbonyl (C=O) groups excluding carboxylic acids is 2. The molecule has 1 aliphatic carbocycles. The first-order valence-electron chi connectivity index (χ1n) is 4.89. The first-order valence-corrected chi connectivity index (χ1v) is 4.89. The molecule has 0 aromatic rings. The van der Waals surface area contributed by atoms with Gasteiger partial charge in [-0.2, -0.15) is 0 Å². The van der Waals surface area contributed by atoms with Gasteiger partial charge in [-0.05, 0) is 19.3 Å². The second kappa shape index (κ2) is 3.49. The Morgan fingerprint density at radius 3 is 2.87 bits per heavy atom. The van der Waals surface area contributed by atoms with E-state index in [1.165, 1.54) is 0 Å². The summed E-state index contributed by atoms with van der Waals surface area (Å²) in [6, 6.07) is 0. The number of carboxylic acids is 1. The molecule has 0 aromatic heterocycles. The molecule has 2 rings (SSSR count). The molecule has 80 valence electrons. The number of aliphatic carboxylic acids is 1. The molecule has 0 aromatic carbocycles. The molecule has 1 fully saturated rings. The average Bonchev–Trinajstić information content (AvgIpc) is 2.17. The summed E-state index contributed by atoms with van der Waals surface area (Å²) < 4.78 is 0. The lowest BCUT2D eigenvalue weighted by molar-refractivity contribution is -0.151. The quantitative estimate of drug-likeness (QED) is 0.473. The van der Waals surface area contributed by atoms with E-state index in [4.69, 9.17) is 5.11 Å². The highest BCUT2D eigenvalue weighted by atomic mass is 16.4. The third kappa shape index (κ3) is 1.54. The van der Waals surface area contributed by atoms with E-state index >= 15 is 0 Å². The highest BCUT2D eigenvalue weighted by molar-refractivity contribution is 6.14. The molecule has 15 heavy (non-hydrogen) atoms. The van der Waals surface area contributed by atoms with Gasteiger partial charge in [0.15, 0.2) is 0 Å². The lowest BCUT2D eigenvalue weighted by atomic mass is 9.75. The molecule has 5 nitrogen and oxygen atoms in total. The molecule has 0 bridgehead atoms. The number of hydrogen-bond donors (Lipinski definition) is 2. The maximum absolute atomic E-state index is 11.4. The Morgan fingerprint density at radius 2 is 2.20 bits per heavy atom. The van der Waals surface area contributed by atoms with Crippen LogP contribution >= 0.6 is 0 Å². The Kier molecular flexibility index (Phi) is 2.30. The number of piperidine rings is 1. The van der Waals surface area contributed by atoms with Gasteiger partial charge in [0.1, 0.15) is 5.92 Å². The van der Waals surface area contributed by atoms with Gasteiger partial charge in [-0.3, -0.25) is 19.7 Å². The van der Waals surface area contributed by atoms with Gasteiger partial charge in [-0.15, -0.1) is 0 Å². The smallest absolute Gasteiger partial charge is 0.316 e. The van der Waals surface area contributed by atoms with Gasteiger partial charge in [0.05, 0.1) is 0 Å². The SMILES string of the molecule is O=C1NC(=O)C(C(=O)O)C2CCCC=C12. The fourth-order valence-corrected chi connectivity index (χ4v) is 2.24.